The van der Waals surface area contributed by atoms with Crippen molar-refractivity contribution < 1.29 is 27.4 Å². The van der Waals surface area contributed by atoms with E-state index in [4.69, 9.17) is 18.9 Å². The number of pyridine rings is 1. The number of nitrogens with zero attached hydrogens (tertiary/aromatic N) is 4. The van der Waals surface area contributed by atoms with Crippen molar-refractivity contribution in [2.24, 2.45) is 0 Å². The number of fused-ring (bicyclic) bond motifs is 1. The second-order valence-electron chi connectivity index (χ2n) is 11.7. The van der Waals surface area contributed by atoms with Crippen LogP contribution in [0.25, 0.3) is 33.4 Å². The standard InChI is InChI=1S/C37H32N4O6S/c38-23-27-20-25(6-8-35(27)46-29-11-16-44-17-12-29)32-10-15-40-37-33(32)22-34(41(37)48(42,43)31-4-2-1-3-5-31)26-7-9-36(28(21-26)24-39)47-30-13-18-45-19-14-30/h1-10,15,20-22,29-30H,11-14,16-19H2. The highest BCUT2D eigenvalue weighted by atomic mass is 32.2. The van der Waals surface area contributed by atoms with E-state index in [2.05, 4.69) is 17.1 Å². The Morgan fingerprint density at radius 1 is 0.729 bits per heavy atom. The summed E-state index contributed by atoms with van der Waals surface area (Å²) in [6.45, 7) is 2.43. The molecule has 2 aliphatic rings. The van der Waals surface area contributed by atoms with Crippen molar-refractivity contribution in [3.8, 4) is 46.0 Å². The van der Waals surface area contributed by atoms with Crippen LogP contribution in [0.2, 0.25) is 0 Å². The summed E-state index contributed by atoms with van der Waals surface area (Å²) in [5.74, 6) is 0.933. The Labute approximate surface area is 278 Å². The molecule has 0 bridgehead atoms. The maximum atomic E-state index is 14.3. The fourth-order valence-electron chi connectivity index (χ4n) is 6.18. The summed E-state index contributed by atoms with van der Waals surface area (Å²) in [7, 11) is -4.14. The maximum absolute atomic E-state index is 14.3. The number of rotatable bonds is 8. The van der Waals surface area contributed by atoms with Crippen molar-refractivity contribution in [3.05, 3.63) is 96.2 Å². The van der Waals surface area contributed by atoms with Crippen molar-refractivity contribution in [1.82, 2.24) is 8.96 Å². The van der Waals surface area contributed by atoms with Gasteiger partial charge >= 0.3 is 0 Å². The molecule has 10 nitrogen and oxygen atoms in total. The van der Waals surface area contributed by atoms with Gasteiger partial charge in [0.25, 0.3) is 10.0 Å². The lowest BCUT2D eigenvalue weighted by atomic mass is 10.0. The Bertz CT molecular complexity index is 2160. The fraction of sp³-hybridized carbons (Fsp3) is 0.270. The molecule has 2 saturated heterocycles. The van der Waals surface area contributed by atoms with Gasteiger partial charge in [-0.1, -0.05) is 24.3 Å². The summed E-state index contributed by atoms with van der Waals surface area (Å²) in [5.41, 5.74) is 3.12. The lowest BCUT2D eigenvalue weighted by Gasteiger charge is -2.24. The first kappa shape index (κ1) is 31.4. The number of ether oxygens (including phenoxy) is 4. The van der Waals surface area contributed by atoms with Crippen LogP contribution in [0.1, 0.15) is 36.8 Å². The zero-order chi connectivity index (χ0) is 33.1. The van der Waals surface area contributed by atoms with Crippen LogP contribution in [0, 0.1) is 22.7 Å². The van der Waals surface area contributed by atoms with E-state index in [1.807, 2.05) is 6.07 Å². The van der Waals surface area contributed by atoms with E-state index in [-0.39, 0.29) is 22.8 Å². The molecular formula is C37H32N4O6S. The van der Waals surface area contributed by atoms with Crippen LogP contribution < -0.4 is 9.47 Å². The minimum Gasteiger partial charge on any atom is -0.489 e. The fourth-order valence-corrected chi connectivity index (χ4v) is 7.69. The van der Waals surface area contributed by atoms with Crippen LogP contribution in [0.15, 0.2) is 90.0 Å². The molecule has 0 radical (unpaired) electrons. The second kappa shape index (κ2) is 13.5. The maximum Gasteiger partial charge on any atom is 0.269 e. The van der Waals surface area contributed by atoms with Crippen molar-refractivity contribution in [3.63, 3.8) is 0 Å². The van der Waals surface area contributed by atoms with Crippen LogP contribution in [0.5, 0.6) is 11.5 Å². The van der Waals surface area contributed by atoms with Crippen molar-refractivity contribution >= 4 is 21.1 Å². The van der Waals surface area contributed by atoms with Gasteiger partial charge < -0.3 is 18.9 Å². The number of hydrogen-bond donors (Lipinski definition) is 0. The molecule has 2 aromatic heterocycles. The Morgan fingerprint density at radius 2 is 1.29 bits per heavy atom. The highest BCUT2D eigenvalue weighted by molar-refractivity contribution is 7.90. The van der Waals surface area contributed by atoms with E-state index in [1.54, 1.807) is 66.9 Å². The smallest absolute Gasteiger partial charge is 0.269 e. The van der Waals surface area contributed by atoms with Gasteiger partial charge in [0.1, 0.15) is 35.8 Å². The number of nitriles is 2. The second-order valence-corrected chi connectivity index (χ2v) is 13.5. The minimum absolute atomic E-state index is 0.0316. The van der Waals surface area contributed by atoms with Gasteiger partial charge in [0.05, 0.1) is 48.1 Å². The number of hydrogen-bond acceptors (Lipinski definition) is 9. The van der Waals surface area contributed by atoms with Crippen molar-refractivity contribution in [2.45, 2.75) is 42.8 Å². The molecule has 0 spiro atoms. The van der Waals surface area contributed by atoms with E-state index in [0.717, 1.165) is 25.7 Å². The van der Waals surface area contributed by atoms with Crippen LogP contribution in [0.4, 0.5) is 0 Å². The van der Waals surface area contributed by atoms with Gasteiger partial charge in [0.2, 0.25) is 0 Å². The predicted octanol–water partition coefficient (Wildman–Crippen LogP) is 6.47. The zero-order valence-electron chi connectivity index (χ0n) is 26.0. The van der Waals surface area contributed by atoms with E-state index in [0.29, 0.717) is 76.8 Å². The summed E-state index contributed by atoms with van der Waals surface area (Å²) in [6, 6.07) is 26.7. The molecule has 0 N–H and O–H groups in total. The SMILES string of the molecule is N#Cc1cc(-c2ccnc3c2cc(-c2ccc(OC4CCOCC4)c(C#N)c2)n3S(=O)(=O)c2ccccc2)ccc1OC1CCOCC1. The molecule has 11 heteroatoms. The predicted molar refractivity (Wildman–Crippen MR) is 178 cm³/mol. The van der Waals surface area contributed by atoms with Gasteiger partial charge in [0, 0.05) is 42.8 Å². The lowest BCUT2D eigenvalue weighted by molar-refractivity contribution is 0.0252. The largest absolute Gasteiger partial charge is 0.489 e. The average molecular weight is 661 g/mol. The van der Waals surface area contributed by atoms with Crippen LogP contribution >= 0.6 is 0 Å². The van der Waals surface area contributed by atoms with Crippen LogP contribution in [0.3, 0.4) is 0 Å². The third-order valence-corrected chi connectivity index (χ3v) is 10.4. The molecule has 48 heavy (non-hydrogen) atoms. The molecule has 7 rings (SSSR count). The monoisotopic (exact) mass is 660 g/mol. The highest BCUT2D eigenvalue weighted by Gasteiger charge is 2.27. The third kappa shape index (κ3) is 6.12. The molecule has 0 amide bonds. The van der Waals surface area contributed by atoms with Gasteiger partial charge in [-0.3, -0.25) is 0 Å². The Hall–Kier alpha value is -5.20. The quantitative estimate of drug-likeness (QED) is 0.183. The first-order valence-electron chi connectivity index (χ1n) is 15.8. The molecule has 242 valence electrons. The molecule has 4 heterocycles. The zero-order valence-corrected chi connectivity index (χ0v) is 26.9. The van der Waals surface area contributed by atoms with Crippen LogP contribution in [-0.2, 0) is 19.5 Å². The Balaban J connectivity index is 1.36. The number of benzene rings is 3. The molecule has 0 aliphatic carbocycles. The van der Waals surface area contributed by atoms with Gasteiger partial charge in [-0.2, -0.15) is 10.5 Å². The average Bonchev–Trinajstić information content (AvgIpc) is 3.54. The molecule has 0 saturated carbocycles. The van der Waals surface area contributed by atoms with E-state index < -0.39 is 10.0 Å². The molecule has 0 atom stereocenters. The first-order valence-corrected chi connectivity index (χ1v) is 17.3. The number of aromatic nitrogens is 2. The summed E-state index contributed by atoms with van der Waals surface area (Å²) >= 11 is 0. The molecule has 5 aromatic rings. The summed E-state index contributed by atoms with van der Waals surface area (Å²) < 4.78 is 53.1. The lowest BCUT2D eigenvalue weighted by Crippen LogP contribution is -2.26. The summed E-state index contributed by atoms with van der Waals surface area (Å²) in [6.07, 6.45) is 4.40. The van der Waals surface area contributed by atoms with Gasteiger partial charge in [-0.25, -0.2) is 17.4 Å². The van der Waals surface area contributed by atoms with Crippen molar-refractivity contribution in [1.29, 1.82) is 10.5 Å². The molecule has 0 unspecified atom stereocenters. The van der Waals surface area contributed by atoms with E-state index in [1.165, 1.54) is 16.1 Å². The Kier molecular flexibility index (Phi) is 8.83. The summed E-state index contributed by atoms with van der Waals surface area (Å²) in [5, 5.41) is 20.7. The third-order valence-electron chi connectivity index (χ3n) is 8.67. The topological polar surface area (TPSA) is 136 Å². The molecule has 2 aliphatic heterocycles. The Morgan fingerprint density at radius 3 is 1.88 bits per heavy atom. The van der Waals surface area contributed by atoms with Crippen molar-refractivity contribution in [2.75, 3.05) is 26.4 Å². The normalized spacial score (nSPS) is 15.9. The van der Waals surface area contributed by atoms with Crippen LogP contribution in [-0.4, -0.2) is 56.0 Å². The summed E-state index contributed by atoms with van der Waals surface area (Å²) in [4.78, 5) is 4.66. The highest BCUT2D eigenvalue weighted by Crippen LogP contribution is 2.39. The molecular weight excluding hydrogens is 628 g/mol. The van der Waals surface area contributed by atoms with Gasteiger partial charge in [-0.05, 0) is 65.7 Å². The molecule has 2 fully saturated rings. The van der Waals surface area contributed by atoms with Gasteiger partial charge in [-0.15, -0.1) is 0 Å². The van der Waals surface area contributed by atoms with E-state index >= 15 is 0 Å². The van der Waals surface area contributed by atoms with E-state index in [9.17, 15) is 18.9 Å². The van der Waals surface area contributed by atoms with Gasteiger partial charge in [0.15, 0.2) is 5.65 Å². The minimum atomic E-state index is -4.14. The molecule has 3 aromatic carbocycles. The first-order chi connectivity index (χ1) is 23.5.